The van der Waals surface area contributed by atoms with E-state index in [9.17, 15) is 4.79 Å². The van der Waals surface area contributed by atoms with Gasteiger partial charge in [-0.1, -0.05) is 27.7 Å². The Morgan fingerprint density at radius 1 is 1.00 bits per heavy atom. The van der Waals surface area contributed by atoms with E-state index in [-0.39, 0.29) is 5.41 Å². The van der Waals surface area contributed by atoms with Crippen molar-refractivity contribution >= 4 is 5.78 Å². The van der Waals surface area contributed by atoms with Gasteiger partial charge >= 0.3 is 0 Å². The van der Waals surface area contributed by atoms with Gasteiger partial charge in [-0.3, -0.25) is 0 Å². The zero-order valence-corrected chi connectivity index (χ0v) is 17.8. The van der Waals surface area contributed by atoms with Crippen LogP contribution >= 0.6 is 0 Å². The molecule has 0 aromatic heterocycles. The smallest absolute Gasteiger partial charge is 0.129 e. The molecule has 0 atom stereocenters. The highest BCUT2D eigenvalue weighted by atomic mass is 16.1. The maximum absolute atomic E-state index is 11.7. The van der Waals surface area contributed by atoms with Crippen molar-refractivity contribution in [3.8, 4) is 0 Å². The van der Waals surface area contributed by atoms with Gasteiger partial charge in [0.15, 0.2) is 0 Å². The molecular formula is C21H43N3O. The topological polar surface area (TPSA) is 44.4 Å². The molecule has 0 spiro atoms. The van der Waals surface area contributed by atoms with Gasteiger partial charge in [0.2, 0.25) is 0 Å². The minimum Gasteiger partial charge on any atom is -0.314 e. The Labute approximate surface area is 156 Å². The number of nitrogens with zero attached hydrogens (tertiary/aromatic N) is 1. The van der Waals surface area contributed by atoms with Crippen molar-refractivity contribution < 1.29 is 4.79 Å². The van der Waals surface area contributed by atoms with E-state index in [1.54, 1.807) is 6.92 Å². The van der Waals surface area contributed by atoms with Crippen LogP contribution in [0.3, 0.4) is 0 Å². The Hall–Kier alpha value is -0.450. The number of ketones is 1. The zero-order chi connectivity index (χ0) is 19.0. The van der Waals surface area contributed by atoms with Crippen molar-refractivity contribution in [2.24, 2.45) is 11.3 Å². The molecular weight excluding hydrogens is 310 g/mol. The summed E-state index contributed by atoms with van der Waals surface area (Å²) >= 11 is 0. The molecule has 148 valence electrons. The average molecular weight is 354 g/mol. The number of carbonyl (C=O) groups excluding carboxylic acids is 1. The molecule has 1 aliphatic heterocycles. The number of Topliss-reactive ketones (excluding diaryl/α,β-unsaturated/α-hetero) is 1. The summed E-state index contributed by atoms with van der Waals surface area (Å²) in [4.78, 5) is 14.3. The largest absolute Gasteiger partial charge is 0.314 e. The molecule has 0 aliphatic carbocycles. The highest BCUT2D eigenvalue weighted by molar-refractivity contribution is 5.75. The van der Waals surface area contributed by atoms with Crippen molar-refractivity contribution in [1.82, 2.24) is 15.5 Å². The van der Waals surface area contributed by atoms with Gasteiger partial charge in [-0.2, -0.15) is 0 Å². The van der Waals surface area contributed by atoms with Gasteiger partial charge in [0, 0.05) is 37.6 Å². The minimum absolute atomic E-state index is 0.170. The van der Waals surface area contributed by atoms with Crippen LogP contribution in [0.15, 0.2) is 0 Å². The second kappa shape index (κ2) is 10.6. The van der Waals surface area contributed by atoms with Crippen molar-refractivity contribution in [2.45, 2.75) is 92.3 Å². The van der Waals surface area contributed by atoms with Gasteiger partial charge in [0.1, 0.15) is 5.78 Å². The van der Waals surface area contributed by atoms with Crippen molar-refractivity contribution in [1.29, 1.82) is 0 Å². The molecule has 1 rings (SSSR count). The maximum atomic E-state index is 11.7. The number of nitrogens with one attached hydrogen (secondary N) is 2. The summed E-state index contributed by atoms with van der Waals surface area (Å²) in [6.07, 6.45) is 4.18. The summed E-state index contributed by atoms with van der Waals surface area (Å²) in [5, 5.41) is 7.40. The summed E-state index contributed by atoms with van der Waals surface area (Å²) in [7, 11) is 0. The third-order valence-corrected chi connectivity index (χ3v) is 5.83. The number of rotatable bonds is 11. The summed E-state index contributed by atoms with van der Waals surface area (Å²) in [5.41, 5.74) is 0.170. The normalized spacial score (nSPS) is 17.8. The molecule has 0 aromatic rings. The van der Waals surface area contributed by atoms with Crippen molar-refractivity contribution in [2.75, 3.05) is 26.2 Å². The first-order valence-electron chi connectivity index (χ1n) is 10.4. The van der Waals surface area contributed by atoms with Gasteiger partial charge in [0.25, 0.3) is 0 Å². The zero-order valence-electron chi connectivity index (χ0n) is 17.8. The first-order valence-corrected chi connectivity index (χ1v) is 10.4. The fourth-order valence-electron chi connectivity index (χ4n) is 4.00. The summed E-state index contributed by atoms with van der Waals surface area (Å²) < 4.78 is 0. The number of hydrogen-bond acceptors (Lipinski definition) is 4. The number of likely N-dealkylation sites (tertiary alicyclic amines) is 1. The quantitative estimate of drug-likeness (QED) is 0.597. The third-order valence-electron chi connectivity index (χ3n) is 5.83. The summed E-state index contributed by atoms with van der Waals surface area (Å²) in [6, 6.07) is 1.59. The van der Waals surface area contributed by atoms with E-state index in [1.807, 2.05) is 0 Å². The lowest BCUT2D eigenvalue weighted by molar-refractivity contribution is -0.117. The molecule has 25 heavy (non-hydrogen) atoms. The second-order valence-corrected chi connectivity index (χ2v) is 9.04. The van der Waals surface area contributed by atoms with Gasteiger partial charge in [-0.15, -0.1) is 0 Å². The SMILES string of the molecule is CC(=O)CCC(CNC(C)C)(CNC(C)C)C1CCN(C(C)C)CC1. The van der Waals surface area contributed by atoms with Crippen LogP contribution in [0.2, 0.25) is 0 Å². The fraction of sp³-hybridized carbons (Fsp3) is 0.952. The molecule has 1 heterocycles. The van der Waals surface area contributed by atoms with Crippen LogP contribution in [0.4, 0.5) is 0 Å². The molecule has 4 heteroatoms. The van der Waals surface area contributed by atoms with E-state index < -0.39 is 0 Å². The van der Waals surface area contributed by atoms with E-state index in [4.69, 9.17) is 0 Å². The van der Waals surface area contributed by atoms with E-state index in [2.05, 4.69) is 57.1 Å². The Morgan fingerprint density at radius 3 is 1.84 bits per heavy atom. The van der Waals surface area contributed by atoms with Crippen LogP contribution in [0.5, 0.6) is 0 Å². The molecule has 1 fully saturated rings. The third kappa shape index (κ3) is 7.76. The van der Waals surface area contributed by atoms with Gasteiger partial charge < -0.3 is 20.3 Å². The van der Waals surface area contributed by atoms with Crippen LogP contribution in [0.25, 0.3) is 0 Å². The highest BCUT2D eigenvalue weighted by Crippen LogP contribution is 2.39. The molecule has 0 aromatic carbocycles. The van der Waals surface area contributed by atoms with Crippen molar-refractivity contribution in [3.63, 3.8) is 0 Å². The molecule has 0 saturated carbocycles. The lowest BCUT2D eigenvalue weighted by Crippen LogP contribution is -2.53. The molecule has 2 N–H and O–H groups in total. The van der Waals surface area contributed by atoms with E-state index in [0.717, 1.165) is 19.5 Å². The first kappa shape index (κ1) is 22.6. The van der Waals surface area contributed by atoms with Crippen LogP contribution < -0.4 is 10.6 Å². The van der Waals surface area contributed by atoms with Crippen LogP contribution in [0, 0.1) is 11.3 Å². The van der Waals surface area contributed by atoms with E-state index in [1.165, 1.54) is 25.9 Å². The predicted octanol–water partition coefficient (Wildman–Crippen LogP) is 3.46. The number of carbonyl (C=O) groups is 1. The molecule has 0 radical (unpaired) electrons. The monoisotopic (exact) mass is 353 g/mol. The van der Waals surface area contributed by atoms with E-state index in [0.29, 0.717) is 36.2 Å². The van der Waals surface area contributed by atoms with Crippen LogP contribution in [0.1, 0.15) is 74.1 Å². The molecule has 0 unspecified atom stereocenters. The first-order chi connectivity index (χ1) is 11.7. The molecule has 1 aliphatic rings. The molecule has 0 amide bonds. The predicted molar refractivity (Wildman–Crippen MR) is 108 cm³/mol. The maximum Gasteiger partial charge on any atom is 0.129 e. The van der Waals surface area contributed by atoms with Crippen LogP contribution in [-0.4, -0.2) is 55.0 Å². The van der Waals surface area contributed by atoms with Gasteiger partial charge in [-0.05, 0) is 64.5 Å². The fourth-order valence-corrected chi connectivity index (χ4v) is 4.00. The number of piperidine rings is 1. The lowest BCUT2D eigenvalue weighted by Gasteiger charge is -2.47. The molecule has 4 nitrogen and oxygen atoms in total. The second-order valence-electron chi connectivity index (χ2n) is 9.04. The Balaban J connectivity index is 2.92. The van der Waals surface area contributed by atoms with Crippen LogP contribution in [-0.2, 0) is 4.79 Å². The lowest BCUT2D eigenvalue weighted by atomic mass is 9.67. The van der Waals surface area contributed by atoms with Crippen molar-refractivity contribution in [3.05, 3.63) is 0 Å². The Morgan fingerprint density at radius 2 is 1.48 bits per heavy atom. The Bertz CT molecular complexity index is 373. The molecule has 1 saturated heterocycles. The summed E-state index contributed by atoms with van der Waals surface area (Å²) in [6.45, 7) is 19.6. The van der Waals surface area contributed by atoms with Gasteiger partial charge in [0.05, 0.1) is 0 Å². The highest BCUT2D eigenvalue weighted by Gasteiger charge is 2.40. The molecule has 0 bridgehead atoms. The average Bonchev–Trinajstić information content (AvgIpc) is 2.54. The van der Waals surface area contributed by atoms with E-state index >= 15 is 0 Å². The summed E-state index contributed by atoms with van der Waals surface area (Å²) in [5.74, 6) is 0.998. The van der Waals surface area contributed by atoms with Gasteiger partial charge in [-0.25, -0.2) is 0 Å². The minimum atomic E-state index is 0.170. The standard InChI is InChI=1S/C21H43N3O/c1-16(2)22-14-21(11-8-19(7)25,15-23-17(3)4)20-9-12-24(13-10-20)18(5)6/h16-18,20,22-23H,8-15H2,1-7H3. The Kier molecular flexibility index (Phi) is 9.61. The number of hydrogen-bond donors (Lipinski definition) is 2.